The highest BCUT2D eigenvalue weighted by molar-refractivity contribution is 5.94. The maximum absolute atomic E-state index is 11.8. The SMILES string of the molecule is Nc1ccc(OCCNC(=O)c2cc(O)[nH]c(=O)c2)cc1. The number of aromatic amines is 1. The van der Waals surface area contributed by atoms with Crippen molar-refractivity contribution in [3.63, 3.8) is 0 Å². The van der Waals surface area contributed by atoms with Gasteiger partial charge >= 0.3 is 0 Å². The second kappa shape index (κ2) is 6.47. The largest absolute Gasteiger partial charge is 0.494 e. The van der Waals surface area contributed by atoms with Gasteiger partial charge in [-0.3, -0.25) is 14.6 Å². The first kappa shape index (κ1) is 14.4. The molecule has 0 radical (unpaired) electrons. The van der Waals surface area contributed by atoms with Gasteiger partial charge in [0.1, 0.15) is 12.4 Å². The molecule has 0 atom stereocenters. The lowest BCUT2D eigenvalue weighted by atomic mass is 10.2. The number of pyridine rings is 1. The Labute approximate surface area is 120 Å². The Bertz CT molecular complexity index is 679. The topological polar surface area (TPSA) is 117 Å². The average molecular weight is 289 g/mol. The van der Waals surface area contributed by atoms with Gasteiger partial charge in [-0.2, -0.15) is 0 Å². The Hall–Kier alpha value is -2.96. The summed E-state index contributed by atoms with van der Waals surface area (Å²) in [4.78, 5) is 25.0. The Morgan fingerprint density at radius 3 is 2.67 bits per heavy atom. The van der Waals surface area contributed by atoms with Crippen LogP contribution in [0.5, 0.6) is 11.6 Å². The van der Waals surface area contributed by atoms with Crippen LogP contribution < -0.4 is 21.3 Å². The van der Waals surface area contributed by atoms with Gasteiger partial charge in [0, 0.05) is 17.8 Å². The molecule has 0 aliphatic rings. The summed E-state index contributed by atoms with van der Waals surface area (Å²) in [6, 6.07) is 9.17. The molecule has 1 aromatic carbocycles. The van der Waals surface area contributed by atoms with Crippen LogP contribution in [0.4, 0.5) is 5.69 Å². The fourth-order valence-corrected chi connectivity index (χ4v) is 1.66. The number of hydrogen-bond donors (Lipinski definition) is 4. The minimum absolute atomic E-state index is 0.0868. The van der Waals surface area contributed by atoms with Crippen molar-refractivity contribution in [2.45, 2.75) is 0 Å². The lowest BCUT2D eigenvalue weighted by Gasteiger charge is -2.08. The quantitative estimate of drug-likeness (QED) is 0.471. The molecule has 0 fully saturated rings. The summed E-state index contributed by atoms with van der Waals surface area (Å²) in [5, 5.41) is 11.8. The van der Waals surface area contributed by atoms with Crippen molar-refractivity contribution in [1.82, 2.24) is 10.3 Å². The molecule has 1 aromatic heterocycles. The summed E-state index contributed by atoms with van der Waals surface area (Å²) >= 11 is 0. The van der Waals surface area contributed by atoms with E-state index in [4.69, 9.17) is 10.5 Å². The van der Waals surface area contributed by atoms with Gasteiger partial charge in [0.25, 0.3) is 11.5 Å². The predicted octanol–water partition coefficient (Wildman–Crippen LogP) is 0.471. The molecule has 110 valence electrons. The lowest BCUT2D eigenvalue weighted by molar-refractivity contribution is 0.0946. The van der Waals surface area contributed by atoms with Gasteiger partial charge in [-0.25, -0.2) is 0 Å². The highest BCUT2D eigenvalue weighted by Gasteiger charge is 2.07. The van der Waals surface area contributed by atoms with E-state index >= 15 is 0 Å². The van der Waals surface area contributed by atoms with E-state index in [1.165, 1.54) is 6.07 Å². The number of rotatable bonds is 5. The number of nitrogen functional groups attached to an aromatic ring is 1. The molecule has 0 spiro atoms. The molecule has 0 aliphatic carbocycles. The molecule has 21 heavy (non-hydrogen) atoms. The fraction of sp³-hybridized carbons (Fsp3) is 0.143. The highest BCUT2D eigenvalue weighted by atomic mass is 16.5. The minimum atomic E-state index is -0.543. The molecule has 2 rings (SSSR count). The van der Waals surface area contributed by atoms with Crippen molar-refractivity contribution < 1.29 is 14.6 Å². The van der Waals surface area contributed by atoms with E-state index < -0.39 is 11.5 Å². The molecule has 7 heteroatoms. The van der Waals surface area contributed by atoms with Crippen LogP contribution >= 0.6 is 0 Å². The fourth-order valence-electron chi connectivity index (χ4n) is 1.66. The number of ether oxygens (including phenoxy) is 1. The number of nitrogens with one attached hydrogen (secondary N) is 2. The molecular weight excluding hydrogens is 274 g/mol. The molecular formula is C14H15N3O4. The molecule has 0 aliphatic heterocycles. The van der Waals surface area contributed by atoms with Crippen LogP contribution in [-0.2, 0) is 0 Å². The highest BCUT2D eigenvalue weighted by Crippen LogP contribution is 2.12. The van der Waals surface area contributed by atoms with E-state index in [0.717, 1.165) is 6.07 Å². The lowest BCUT2D eigenvalue weighted by Crippen LogP contribution is -2.28. The van der Waals surface area contributed by atoms with E-state index in [1.807, 2.05) is 0 Å². The molecule has 0 saturated carbocycles. The van der Waals surface area contributed by atoms with E-state index in [0.29, 0.717) is 11.4 Å². The van der Waals surface area contributed by atoms with Crippen LogP contribution in [-0.4, -0.2) is 29.1 Å². The summed E-state index contributed by atoms with van der Waals surface area (Å²) in [7, 11) is 0. The van der Waals surface area contributed by atoms with Crippen LogP contribution in [0.2, 0.25) is 0 Å². The standard InChI is InChI=1S/C14H15N3O4/c15-10-1-3-11(4-2-10)21-6-5-16-14(20)9-7-12(18)17-13(19)8-9/h1-4,7-8H,5-6,15H2,(H,16,20)(H2,17,18,19). The van der Waals surface area contributed by atoms with Crippen molar-refractivity contribution in [1.29, 1.82) is 0 Å². The third-order valence-electron chi connectivity index (χ3n) is 2.63. The van der Waals surface area contributed by atoms with E-state index in [9.17, 15) is 14.7 Å². The molecule has 1 heterocycles. The van der Waals surface area contributed by atoms with Crippen molar-refractivity contribution in [3.8, 4) is 11.6 Å². The number of nitrogens with two attached hydrogens (primary N) is 1. The van der Waals surface area contributed by atoms with Gasteiger partial charge in [0.05, 0.1) is 12.1 Å². The Morgan fingerprint density at radius 2 is 2.00 bits per heavy atom. The normalized spacial score (nSPS) is 10.1. The number of carbonyl (C=O) groups excluding carboxylic acids is 1. The first-order valence-corrected chi connectivity index (χ1v) is 6.24. The third-order valence-corrected chi connectivity index (χ3v) is 2.63. The molecule has 7 nitrogen and oxygen atoms in total. The van der Waals surface area contributed by atoms with Crippen LogP contribution in [0.25, 0.3) is 0 Å². The summed E-state index contributed by atoms with van der Waals surface area (Å²) in [5.74, 6) is -0.171. The first-order chi connectivity index (χ1) is 10.0. The van der Waals surface area contributed by atoms with Gasteiger partial charge in [-0.15, -0.1) is 0 Å². The molecule has 1 amide bonds. The molecule has 0 unspecified atom stereocenters. The van der Waals surface area contributed by atoms with Crippen molar-refractivity contribution in [2.75, 3.05) is 18.9 Å². The van der Waals surface area contributed by atoms with E-state index in [1.54, 1.807) is 24.3 Å². The summed E-state index contributed by atoms with van der Waals surface area (Å²) < 4.78 is 5.41. The van der Waals surface area contributed by atoms with E-state index in [-0.39, 0.29) is 24.6 Å². The maximum atomic E-state index is 11.8. The predicted molar refractivity (Wildman–Crippen MR) is 77.4 cm³/mol. The van der Waals surface area contributed by atoms with Gasteiger partial charge in [0.2, 0.25) is 0 Å². The van der Waals surface area contributed by atoms with Gasteiger partial charge in [0.15, 0.2) is 5.88 Å². The van der Waals surface area contributed by atoms with Gasteiger partial charge < -0.3 is 20.9 Å². The van der Waals surface area contributed by atoms with Crippen molar-refractivity contribution >= 4 is 11.6 Å². The summed E-state index contributed by atoms with van der Waals surface area (Å²) in [6.07, 6.45) is 0. The van der Waals surface area contributed by atoms with Gasteiger partial charge in [-0.05, 0) is 24.3 Å². The van der Waals surface area contributed by atoms with Crippen LogP contribution in [0.3, 0.4) is 0 Å². The number of aromatic hydroxyl groups is 1. The summed E-state index contributed by atoms with van der Waals surface area (Å²) in [6.45, 7) is 0.529. The zero-order valence-corrected chi connectivity index (χ0v) is 11.1. The zero-order valence-electron chi connectivity index (χ0n) is 11.1. The minimum Gasteiger partial charge on any atom is -0.494 e. The molecule has 0 saturated heterocycles. The molecule has 2 aromatic rings. The Morgan fingerprint density at radius 1 is 1.29 bits per heavy atom. The first-order valence-electron chi connectivity index (χ1n) is 6.24. The summed E-state index contributed by atoms with van der Waals surface area (Å²) in [5.41, 5.74) is 5.74. The molecule has 0 bridgehead atoms. The monoisotopic (exact) mass is 289 g/mol. The Balaban J connectivity index is 1.81. The third kappa shape index (κ3) is 4.27. The number of H-pyrrole nitrogens is 1. The average Bonchev–Trinajstić information content (AvgIpc) is 2.44. The number of hydrogen-bond acceptors (Lipinski definition) is 5. The Kier molecular flexibility index (Phi) is 4.45. The number of carbonyl (C=O) groups is 1. The van der Waals surface area contributed by atoms with Gasteiger partial charge in [-0.1, -0.05) is 0 Å². The van der Waals surface area contributed by atoms with E-state index in [2.05, 4.69) is 10.3 Å². The van der Waals surface area contributed by atoms with Crippen LogP contribution in [0.15, 0.2) is 41.2 Å². The van der Waals surface area contributed by atoms with Crippen molar-refractivity contribution in [2.24, 2.45) is 0 Å². The molecule has 5 N–H and O–H groups in total. The van der Waals surface area contributed by atoms with Crippen molar-refractivity contribution in [3.05, 3.63) is 52.3 Å². The number of benzene rings is 1. The van der Waals surface area contributed by atoms with Crippen LogP contribution in [0, 0.1) is 0 Å². The maximum Gasteiger partial charge on any atom is 0.251 e. The second-order valence-corrected chi connectivity index (χ2v) is 4.29. The van der Waals surface area contributed by atoms with Crippen LogP contribution in [0.1, 0.15) is 10.4 Å². The number of amides is 1. The number of aromatic nitrogens is 1. The smallest absolute Gasteiger partial charge is 0.251 e. The second-order valence-electron chi connectivity index (χ2n) is 4.29. The number of anilines is 1. The zero-order chi connectivity index (χ0) is 15.2.